The number of thiol groups is 1. The molecule has 0 aliphatic heterocycles. The van der Waals surface area contributed by atoms with Gasteiger partial charge < -0.3 is 9.79 Å². The van der Waals surface area contributed by atoms with E-state index >= 15 is 0 Å². The molecule has 0 heterocycles. The second-order valence-corrected chi connectivity index (χ2v) is 8.56. The molecule has 1 rings (SSSR count). The third-order valence-electron chi connectivity index (χ3n) is 3.04. The molecule has 5 N–H and O–H groups in total. The van der Waals surface area contributed by atoms with E-state index in [2.05, 4.69) is 12.6 Å². The maximum atomic E-state index is 11.6. The lowest BCUT2D eigenvalue weighted by Crippen LogP contribution is -2.34. The van der Waals surface area contributed by atoms with E-state index < -0.39 is 32.6 Å². The number of rotatable bonds is 4. The Bertz CT molecular complexity index is 363. The monoisotopic (exact) mass is 319 g/mol. The summed E-state index contributed by atoms with van der Waals surface area (Å²) in [6, 6.07) is 0. The number of hydrogen-bond donors (Lipinski definition) is 6. The molecule has 106 valence electrons. The Hall–Kier alpha value is 0.480. The zero-order valence-electron chi connectivity index (χ0n) is 9.45. The van der Waals surface area contributed by atoms with E-state index in [1.807, 2.05) is 0 Å². The Labute approximate surface area is 110 Å². The molecule has 0 aromatic carbocycles. The predicted molar refractivity (Wildman–Crippen MR) is 69.1 cm³/mol. The van der Waals surface area contributed by atoms with Gasteiger partial charge in [0.2, 0.25) is 0 Å². The van der Waals surface area contributed by atoms with Crippen molar-refractivity contribution in [1.82, 2.24) is 0 Å². The first kappa shape index (κ1) is 16.5. The topological polar surface area (TPSA) is 135 Å². The fourth-order valence-electron chi connectivity index (χ4n) is 2.29. The lowest BCUT2D eigenvalue weighted by atomic mass is 9.86. The van der Waals surface area contributed by atoms with Crippen LogP contribution in [0.5, 0.6) is 0 Å². The highest BCUT2D eigenvalue weighted by Crippen LogP contribution is 2.58. The third-order valence-corrected chi connectivity index (χ3v) is 5.97. The van der Waals surface area contributed by atoms with Gasteiger partial charge in [-0.05, 0) is 25.2 Å². The molecule has 0 amide bonds. The smallest absolute Gasteiger partial charge is 0.324 e. The zero-order valence-corrected chi connectivity index (χ0v) is 12.1. The second-order valence-electron chi connectivity index (χ2n) is 4.52. The Morgan fingerprint density at radius 3 is 2.22 bits per heavy atom. The van der Waals surface area contributed by atoms with Gasteiger partial charge in [0.05, 0.1) is 0 Å². The Kier molecular flexibility index (Phi) is 5.38. The van der Waals surface area contributed by atoms with Gasteiger partial charge in [-0.3, -0.25) is 4.57 Å². The minimum Gasteiger partial charge on any atom is -0.324 e. The Morgan fingerprint density at radius 1 is 1.28 bits per heavy atom. The molecule has 1 aliphatic rings. The minimum atomic E-state index is -4.90. The quantitative estimate of drug-likeness (QED) is 0.324. The van der Waals surface area contributed by atoms with Gasteiger partial charge in [0.25, 0.3) is 0 Å². The summed E-state index contributed by atoms with van der Waals surface area (Å²) in [5.41, 5.74) is -3.41. The molecule has 7 nitrogen and oxygen atoms in total. The lowest BCUT2D eigenvalue weighted by molar-refractivity contribution is -0.115. The Balaban J connectivity index is 2.99. The second kappa shape index (κ2) is 5.85. The average Bonchev–Trinajstić information content (AvgIpc) is 2.13. The van der Waals surface area contributed by atoms with Gasteiger partial charge in [-0.2, -0.15) is 27.3 Å². The molecule has 1 fully saturated rings. The summed E-state index contributed by atoms with van der Waals surface area (Å²) in [5, 5.41) is -0.0885. The average molecular weight is 319 g/mol. The molecule has 10 heteroatoms. The van der Waals surface area contributed by atoms with Crippen LogP contribution in [-0.4, -0.2) is 40.9 Å². The van der Waals surface area contributed by atoms with Crippen LogP contribution in [0.4, 0.5) is 0 Å². The third kappa shape index (κ3) is 4.25. The van der Waals surface area contributed by atoms with Crippen molar-refractivity contribution in [3.8, 4) is 0 Å². The van der Waals surface area contributed by atoms with E-state index in [4.69, 9.17) is 14.7 Å². The van der Waals surface area contributed by atoms with Gasteiger partial charge in [0, 0.05) is 5.25 Å². The van der Waals surface area contributed by atoms with E-state index in [0.29, 0.717) is 19.3 Å². The van der Waals surface area contributed by atoms with Crippen LogP contribution in [0.25, 0.3) is 0 Å². The van der Waals surface area contributed by atoms with Gasteiger partial charge >= 0.3 is 21.1 Å². The van der Waals surface area contributed by atoms with Crippen molar-refractivity contribution in [1.29, 1.82) is 0 Å². The molecule has 0 radical (unpaired) electrons. The fraction of sp³-hybridized carbons (Fsp3) is 0.875. The number of carbonyl (C=O) groups excluding carboxylic acids is 1. The van der Waals surface area contributed by atoms with E-state index in [9.17, 15) is 19.1 Å². The number of hydrogen-bond acceptors (Lipinski definition) is 6. The van der Waals surface area contributed by atoms with E-state index in [-0.39, 0.29) is 5.25 Å². The molecular formula is C8H17O7P2S+. The highest BCUT2D eigenvalue weighted by atomic mass is 32.1. The van der Waals surface area contributed by atoms with Crippen LogP contribution in [-0.2, 0) is 9.36 Å². The van der Waals surface area contributed by atoms with Crippen molar-refractivity contribution in [2.45, 2.75) is 36.6 Å². The molecular weight excluding hydrogens is 302 g/mol. The predicted octanol–water partition coefficient (Wildman–Crippen LogP) is 0.287. The van der Waals surface area contributed by atoms with E-state index in [1.54, 1.807) is 0 Å². The summed E-state index contributed by atoms with van der Waals surface area (Å²) >= 11 is 4.21. The van der Waals surface area contributed by atoms with Crippen molar-refractivity contribution < 1.29 is 33.8 Å². The van der Waals surface area contributed by atoms with Crippen molar-refractivity contribution >= 4 is 33.7 Å². The molecule has 0 bridgehead atoms. The summed E-state index contributed by atoms with van der Waals surface area (Å²) < 4.78 is 11.4. The van der Waals surface area contributed by atoms with Gasteiger partial charge in [-0.25, -0.2) is 4.79 Å². The summed E-state index contributed by atoms with van der Waals surface area (Å²) in [6.07, 6.45) is 2.11. The van der Waals surface area contributed by atoms with Crippen LogP contribution in [0.1, 0.15) is 25.7 Å². The zero-order chi connectivity index (χ0) is 14.1. The first-order valence-corrected chi connectivity index (χ1v) is 9.23. The standard InChI is InChI=1S/C8H16O7P2S/c9-8(17(13,14)15)7(16(10,11)12)5-2-1-3-6(18)4-5/h5-7,13-15H,1-4H2,(H2-,10,11,12,18)/p+1. The molecule has 0 aromatic heterocycles. The molecule has 0 saturated heterocycles. The molecule has 3 unspecified atom stereocenters. The first-order chi connectivity index (χ1) is 8.03. The lowest BCUT2D eigenvalue weighted by Gasteiger charge is -2.31. The highest BCUT2D eigenvalue weighted by Gasteiger charge is 2.57. The summed E-state index contributed by atoms with van der Waals surface area (Å²) in [6.45, 7) is 0. The van der Waals surface area contributed by atoms with Gasteiger partial charge in [-0.1, -0.05) is 6.42 Å². The molecule has 3 atom stereocenters. The largest absolute Gasteiger partial charge is 0.479 e. The highest BCUT2D eigenvalue weighted by molar-refractivity contribution is 7.81. The summed E-state index contributed by atoms with van der Waals surface area (Å²) in [4.78, 5) is 56.8. The van der Waals surface area contributed by atoms with Crippen LogP contribution < -0.4 is 0 Å². The molecule has 0 spiro atoms. The molecule has 0 aromatic rings. The van der Waals surface area contributed by atoms with Crippen molar-refractivity contribution in [3.05, 3.63) is 0 Å². The van der Waals surface area contributed by atoms with Crippen LogP contribution in [0, 0.1) is 5.92 Å². The van der Waals surface area contributed by atoms with E-state index in [0.717, 1.165) is 6.42 Å². The van der Waals surface area contributed by atoms with Gasteiger partial charge in [0.15, 0.2) is 5.66 Å². The van der Waals surface area contributed by atoms with Crippen LogP contribution in [0.15, 0.2) is 0 Å². The van der Waals surface area contributed by atoms with Crippen molar-refractivity contribution in [3.63, 3.8) is 0 Å². The van der Waals surface area contributed by atoms with Crippen LogP contribution >= 0.6 is 28.2 Å². The molecule has 1 aliphatic carbocycles. The van der Waals surface area contributed by atoms with Gasteiger partial charge in [0.1, 0.15) is 0 Å². The Morgan fingerprint density at radius 2 is 1.83 bits per heavy atom. The number of carbonyl (C=O) groups is 1. The summed E-state index contributed by atoms with van der Waals surface area (Å²) in [5.74, 6) is -0.694. The van der Waals surface area contributed by atoms with Gasteiger partial charge in [-0.15, -0.1) is 0 Å². The van der Waals surface area contributed by atoms with Crippen LogP contribution in [0.2, 0.25) is 0 Å². The fourth-order valence-corrected chi connectivity index (χ4v) is 5.33. The van der Waals surface area contributed by atoms with Crippen molar-refractivity contribution in [2.75, 3.05) is 0 Å². The molecule has 1 saturated carbocycles. The summed E-state index contributed by atoms with van der Waals surface area (Å²) in [7, 11) is -9.76. The maximum absolute atomic E-state index is 11.6. The normalized spacial score (nSPS) is 27.9. The molecule has 18 heavy (non-hydrogen) atoms. The SMILES string of the molecule is O=C(C(C1CCCC(S)C1)P(=O)(O)O)[P+](O)(O)O. The van der Waals surface area contributed by atoms with Crippen LogP contribution in [0.3, 0.4) is 0 Å². The first-order valence-electron chi connectivity index (χ1n) is 5.38. The maximum Gasteiger partial charge on any atom is 0.479 e. The van der Waals surface area contributed by atoms with E-state index in [1.165, 1.54) is 0 Å². The van der Waals surface area contributed by atoms with Crippen molar-refractivity contribution in [2.24, 2.45) is 5.92 Å². The minimum absolute atomic E-state index is 0.0885.